The molecule has 3 fully saturated rings. The Balaban J connectivity index is 2.67. The normalized spacial score (nSPS) is 28.0. The van der Waals surface area contributed by atoms with Crippen molar-refractivity contribution < 1.29 is 39.6 Å². The Morgan fingerprint density at radius 3 is 1.04 bits per heavy atom. The number of carbonyl (C=O) groups is 4. The number of piperidine rings is 3. The van der Waals surface area contributed by atoms with Crippen molar-refractivity contribution in [3.63, 3.8) is 0 Å². The van der Waals surface area contributed by atoms with Crippen LogP contribution in [0.2, 0.25) is 0 Å². The minimum absolute atomic E-state index is 0.0474. The molecule has 0 aromatic heterocycles. The fourth-order valence-corrected chi connectivity index (χ4v) is 11.4. The first-order valence-electron chi connectivity index (χ1n) is 16.7. The summed E-state index contributed by atoms with van der Waals surface area (Å²) in [6, 6.07) is 0. The third kappa shape index (κ3) is 7.11. The summed E-state index contributed by atoms with van der Waals surface area (Å²) in [6.07, 6.45) is -0.455. The lowest BCUT2D eigenvalue weighted by Crippen LogP contribution is -2.78. The third-order valence-corrected chi connectivity index (χ3v) is 11.1. The first kappa shape index (κ1) is 38.2. The predicted molar refractivity (Wildman–Crippen MR) is 165 cm³/mol. The summed E-state index contributed by atoms with van der Waals surface area (Å²) in [4.78, 5) is 54.7. The Hall–Kier alpha value is -2.24. The lowest BCUT2D eigenvalue weighted by atomic mass is 9.38. The highest BCUT2D eigenvalue weighted by Gasteiger charge is 2.70. The van der Waals surface area contributed by atoms with Crippen molar-refractivity contribution in [1.82, 2.24) is 16.0 Å². The van der Waals surface area contributed by atoms with E-state index in [-0.39, 0.29) is 38.5 Å². The number of carboxylic acid groups (broad SMARTS) is 4. The van der Waals surface area contributed by atoms with Crippen molar-refractivity contribution in [3.8, 4) is 0 Å². The van der Waals surface area contributed by atoms with Gasteiger partial charge in [-0.25, -0.2) is 0 Å². The Labute approximate surface area is 275 Å². The number of aliphatic carboxylic acids is 4. The zero-order valence-electron chi connectivity index (χ0n) is 30.0. The van der Waals surface area contributed by atoms with Crippen LogP contribution in [0.4, 0.5) is 0 Å². The van der Waals surface area contributed by atoms with E-state index in [4.69, 9.17) is 0 Å². The van der Waals surface area contributed by atoms with Gasteiger partial charge in [0.15, 0.2) is 0 Å². The summed E-state index contributed by atoms with van der Waals surface area (Å²) in [6.45, 7) is 22.7. The highest BCUT2D eigenvalue weighted by Crippen LogP contribution is 2.67. The second-order valence-corrected chi connectivity index (χ2v) is 18.8. The molecule has 0 aliphatic carbocycles. The van der Waals surface area contributed by atoms with Crippen LogP contribution in [-0.4, -0.2) is 57.1 Å². The lowest BCUT2D eigenvalue weighted by Gasteiger charge is -2.70. The standard InChI is InChI=1S/C35H61N3O8/c1-28(2)14-20(15-29(3,4)36-28)34(26(43)44,21-16-30(5,6)37-31(7,8)17-21)35(27(45)46,23(25(41)42)13-24(39)40)22-18-32(9,10)38-33(11,12)19-22/h20-23,36-38H,13-19H2,1-12H3,(H,39,40)(H,41,42)(H,43,44)(H,45,46)/p-4. The van der Waals surface area contributed by atoms with E-state index in [2.05, 4.69) is 16.0 Å². The monoisotopic (exact) mass is 647 g/mol. The largest absolute Gasteiger partial charge is 0.550 e. The molecule has 0 bridgehead atoms. The summed E-state index contributed by atoms with van der Waals surface area (Å²) >= 11 is 0. The molecular formula is C35H57N3O8-4. The summed E-state index contributed by atoms with van der Waals surface area (Å²) in [5.41, 5.74) is -9.48. The van der Waals surface area contributed by atoms with Gasteiger partial charge >= 0.3 is 0 Å². The first-order valence-corrected chi connectivity index (χ1v) is 16.7. The fraction of sp³-hybridized carbons (Fsp3) is 0.886. The predicted octanol–water partition coefficient (Wildman–Crippen LogP) is -0.364. The van der Waals surface area contributed by atoms with Gasteiger partial charge in [0.2, 0.25) is 0 Å². The number of rotatable bonds is 10. The number of carboxylic acids is 4. The lowest BCUT2D eigenvalue weighted by molar-refractivity contribution is -0.375. The highest BCUT2D eigenvalue weighted by atomic mass is 16.4. The maximum Gasteiger partial charge on any atom is 0.0495 e. The fourth-order valence-electron chi connectivity index (χ4n) is 11.4. The van der Waals surface area contributed by atoms with Gasteiger partial charge in [-0.2, -0.15) is 0 Å². The molecule has 0 amide bonds. The van der Waals surface area contributed by atoms with E-state index < -0.39 is 98.0 Å². The molecule has 3 N–H and O–H groups in total. The van der Waals surface area contributed by atoms with Gasteiger partial charge < -0.3 is 55.6 Å². The van der Waals surface area contributed by atoms with Gasteiger partial charge in [0.1, 0.15) is 0 Å². The van der Waals surface area contributed by atoms with Crippen molar-refractivity contribution in [2.45, 2.75) is 161 Å². The van der Waals surface area contributed by atoms with Crippen molar-refractivity contribution in [2.24, 2.45) is 34.5 Å². The molecule has 3 aliphatic heterocycles. The van der Waals surface area contributed by atoms with Crippen molar-refractivity contribution in [3.05, 3.63) is 0 Å². The van der Waals surface area contributed by atoms with E-state index in [1.54, 1.807) is 0 Å². The zero-order valence-corrected chi connectivity index (χ0v) is 30.0. The van der Waals surface area contributed by atoms with Gasteiger partial charge in [-0.1, -0.05) is 0 Å². The molecule has 2 atom stereocenters. The second kappa shape index (κ2) is 11.7. The van der Waals surface area contributed by atoms with E-state index in [0.717, 1.165) is 0 Å². The molecule has 0 radical (unpaired) electrons. The third-order valence-electron chi connectivity index (χ3n) is 11.1. The molecule has 3 rings (SSSR count). The van der Waals surface area contributed by atoms with E-state index in [0.29, 0.717) is 0 Å². The summed E-state index contributed by atoms with van der Waals surface area (Å²) in [5, 5.41) is 65.3. The molecule has 11 nitrogen and oxygen atoms in total. The van der Waals surface area contributed by atoms with Gasteiger partial charge in [0, 0.05) is 73.9 Å². The number of nitrogens with one attached hydrogen (secondary N) is 3. The molecule has 264 valence electrons. The molecule has 3 heterocycles. The van der Waals surface area contributed by atoms with E-state index in [1.165, 1.54) is 0 Å². The van der Waals surface area contributed by atoms with Gasteiger partial charge in [-0.15, -0.1) is 0 Å². The molecule has 0 saturated carbocycles. The highest BCUT2D eigenvalue weighted by molar-refractivity contribution is 5.92. The minimum Gasteiger partial charge on any atom is -0.550 e. The summed E-state index contributed by atoms with van der Waals surface area (Å²) in [7, 11) is 0. The van der Waals surface area contributed by atoms with E-state index >= 15 is 0 Å². The Morgan fingerprint density at radius 2 is 0.826 bits per heavy atom. The van der Waals surface area contributed by atoms with Crippen molar-refractivity contribution in [1.29, 1.82) is 0 Å². The van der Waals surface area contributed by atoms with Crippen LogP contribution in [0.1, 0.15) is 128 Å². The molecule has 0 aromatic rings. The zero-order chi connectivity index (χ0) is 35.7. The maximum atomic E-state index is 14.6. The summed E-state index contributed by atoms with van der Waals surface area (Å²) in [5.74, 6) is -12.7. The summed E-state index contributed by atoms with van der Waals surface area (Å²) < 4.78 is 0. The van der Waals surface area contributed by atoms with Gasteiger partial charge in [0.25, 0.3) is 0 Å². The number of carbonyl (C=O) groups excluding carboxylic acids is 4. The van der Waals surface area contributed by atoms with E-state index in [9.17, 15) is 39.6 Å². The average Bonchev–Trinajstić information content (AvgIpc) is 2.73. The molecule has 2 unspecified atom stereocenters. The van der Waals surface area contributed by atoms with Crippen LogP contribution in [0.5, 0.6) is 0 Å². The van der Waals surface area contributed by atoms with Crippen LogP contribution < -0.4 is 36.4 Å². The average molecular weight is 648 g/mol. The topological polar surface area (TPSA) is 197 Å². The van der Waals surface area contributed by atoms with Gasteiger partial charge in [-0.05, 0) is 146 Å². The van der Waals surface area contributed by atoms with Crippen LogP contribution in [0.15, 0.2) is 0 Å². The smallest absolute Gasteiger partial charge is 0.0495 e. The second-order valence-electron chi connectivity index (χ2n) is 18.8. The van der Waals surface area contributed by atoms with Crippen LogP contribution in [-0.2, 0) is 19.2 Å². The van der Waals surface area contributed by atoms with Crippen molar-refractivity contribution >= 4 is 23.9 Å². The Kier molecular flexibility index (Phi) is 9.74. The van der Waals surface area contributed by atoms with E-state index in [1.807, 2.05) is 83.1 Å². The first-order chi connectivity index (χ1) is 20.4. The Morgan fingerprint density at radius 1 is 0.543 bits per heavy atom. The van der Waals surface area contributed by atoms with Gasteiger partial charge in [0.05, 0.1) is 0 Å². The molecule has 0 spiro atoms. The van der Waals surface area contributed by atoms with Crippen LogP contribution >= 0.6 is 0 Å². The van der Waals surface area contributed by atoms with Crippen molar-refractivity contribution in [2.75, 3.05) is 0 Å². The number of hydrogen-bond acceptors (Lipinski definition) is 11. The van der Waals surface area contributed by atoms with Crippen LogP contribution in [0.25, 0.3) is 0 Å². The number of hydrogen-bond donors (Lipinski definition) is 3. The molecule has 11 heteroatoms. The SMILES string of the molecule is CC1(C)CC(C(C(=O)[O-])(C2CC(C)(C)NC(C)(C)C2)C(C(=O)[O-])(C2CC(C)(C)NC(C)(C)C2)C(CC(=O)[O-])C(=O)[O-])CC(C)(C)N1. The molecule has 3 aliphatic rings. The molecule has 0 aromatic carbocycles. The Bertz CT molecular complexity index is 1150. The molecular weight excluding hydrogens is 590 g/mol. The minimum atomic E-state index is -2.76. The quantitative estimate of drug-likeness (QED) is 0.280. The maximum absolute atomic E-state index is 14.6. The van der Waals surface area contributed by atoms with Gasteiger partial charge in [-0.3, -0.25) is 0 Å². The molecule has 3 saturated heterocycles. The molecule has 46 heavy (non-hydrogen) atoms. The van der Waals surface area contributed by atoms with Crippen LogP contribution in [0.3, 0.4) is 0 Å². The van der Waals surface area contributed by atoms with Crippen LogP contribution in [0, 0.1) is 34.5 Å².